The molecule has 98 valence electrons. The molecule has 18 heavy (non-hydrogen) atoms. The van der Waals surface area contributed by atoms with Gasteiger partial charge in [0.25, 0.3) is 0 Å². The van der Waals surface area contributed by atoms with E-state index in [0.717, 1.165) is 25.0 Å². The first-order valence-corrected chi connectivity index (χ1v) is 4.83. The molecule has 0 aliphatic carbocycles. The first-order chi connectivity index (χ1) is 8.51. The van der Waals surface area contributed by atoms with Gasteiger partial charge in [-0.3, -0.25) is 4.79 Å². The number of rotatable bonds is 5. The number of esters is 2. The number of methoxy groups -OCH3 is 2. The molecular formula is C9H11N3O6. The Morgan fingerprint density at radius 3 is 2.67 bits per heavy atom. The van der Waals surface area contributed by atoms with Crippen LogP contribution in [-0.2, 0) is 19.1 Å². The Kier molecular flexibility index (Phi) is 4.35. The maximum absolute atomic E-state index is 11.5. The molecule has 9 heteroatoms. The van der Waals surface area contributed by atoms with E-state index >= 15 is 0 Å². The molecule has 0 aromatic carbocycles. The maximum Gasteiger partial charge on any atom is 0.435 e. The largest absolute Gasteiger partial charge is 0.469 e. The van der Waals surface area contributed by atoms with Crippen molar-refractivity contribution < 1.29 is 24.0 Å². The van der Waals surface area contributed by atoms with Gasteiger partial charge in [0, 0.05) is 0 Å². The molecule has 0 N–H and O–H groups in total. The minimum atomic E-state index is -1.18. The number of nitro groups is 1. The number of hydrogen-bond acceptors (Lipinski definition) is 7. The van der Waals surface area contributed by atoms with Crippen molar-refractivity contribution in [1.82, 2.24) is 9.55 Å². The van der Waals surface area contributed by atoms with Crippen LogP contribution in [-0.4, -0.2) is 40.6 Å². The third-order valence-corrected chi connectivity index (χ3v) is 2.21. The summed E-state index contributed by atoms with van der Waals surface area (Å²) in [6.45, 7) is 0. The highest BCUT2D eigenvalue weighted by atomic mass is 16.6. The average Bonchev–Trinajstić information content (AvgIpc) is 2.83. The molecule has 0 spiro atoms. The van der Waals surface area contributed by atoms with Crippen LogP contribution in [0.5, 0.6) is 0 Å². The van der Waals surface area contributed by atoms with E-state index in [1.807, 2.05) is 0 Å². The van der Waals surface area contributed by atoms with Gasteiger partial charge in [0.15, 0.2) is 6.04 Å². The standard InChI is InChI=1S/C9H11N3O6/c1-17-7(13)5-6(8(14)18-2)11-4-3-10-9(11)12(15)16/h3-4,6H,5H2,1-2H3. The van der Waals surface area contributed by atoms with Crippen LogP contribution in [0.1, 0.15) is 12.5 Å². The molecule has 0 aliphatic heterocycles. The SMILES string of the molecule is COC(=O)CC(C(=O)OC)n1ccnc1[N+](=O)[O-]. The van der Waals surface area contributed by atoms with E-state index in [1.165, 1.54) is 6.20 Å². The van der Waals surface area contributed by atoms with Crippen molar-refractivity contribution in [2.24, 2.45) is 0 Å². The summed E-state index contributed by atoms with van der Waals surface area (Å²) in [6.07, 6.45) is 2.01. The van der Waals surface area contributed by atoms with Crippen LogP contribution in [0.4, 0.5) is 5.95 Å². The lowest BCUT2D eigenvalue weighted by Crippen LogP contribution is -2.25. The molecule has 0 saturated heterocycles. The lowest BCUT2D eigenvalue weighted by atomic mass is 10.2. The van der Waals surface area contributed by atoms with Gasteiger partial charge in [-0.1, -0.05) is 4.98 Å². The Morgan fingerprint density at radius 2 is 2.17 bits per heavy atom. The van der Waals surface area contributed by atoms with Gasteiger partial charge in [0.05, 0.1) is 20.6 Å². The number of nitrogens with zero attached hydrogens (tertiary/aromatic N) is 3. The van der Waals surface area contributed by atoms with Crippen LogP contribution in [0.3, 0.4) is 0 Å². The average molecular weight is 257 g/mol. The van der Waals surface area contributed by atoms with Crippen molar-refractivity contribution in [3.63, 3.8) is 0 Å². The van der Waals surface area contributed by atoms with E-state index in [-0.39, 0.29) is 6.42 Å². The normalized spacial score (nSPS) is 11.7. The van der Waals surface area contributed by atoms with Gasteiger partial charge in [-0.05, 0) is 4.92 Å². The fourth-order valence-corrected chi connectivity index (χ4v) is 1.36. The maximum atomic E-state index is 11.5. The second-order valence-electron chi connectivity index (χ2n) is 3.21. The zero-order valence-corrected chi connectivity index (χ0v) is 9.73. The third-order valence-electron chi connectivity index (χ3n) is 2.21. The van der Waals surface area contributed by atoms with Gasteiger partial charge in [-0.2, -0.15) is 0 Å². The van der Waals surface area contributed by atoms with Gasteiger partial charge in [0.1, 0.15) is 12.4 Å². The molecular weight excluding hydrogens is 246 g/mol. The summed E-state index contributed by atoms with van der Waals surface area (Å²) < 4.78 is 9.88. The van der Waals surface area contributed by atoms with Crippen molar-refractivity contribution in [2.45, 2.75) is 12.5 Å². The molecule has 9 nitrogen and oxygen atoms in total. The third kappa shape index (κ3) is 2.81. The fourth-order valence-electron chi connectivity index (χ4n) is 1.36. The van der Waals surface area contributed by atoms with Gasteiger partial charge in [-0.15, -0.1) is 0 Å². The molecule has 0 fully saturated rings. The summed E-state index contributed by atoms with van der Waals surface area (Å²) in [5, 5.41) is 10.7. The molecule has 0 aliphatic rings. The van der Waals surface area contributed by atoms with Crippen molar-refractivity contribution in [1.29, 1.82) is 0 Å². The van der Waals surface area contributed by atoms with E-state index in [1.54, 1.807) is 0 Å². The Labute approximate surface area is 101 Å². The molecule has 1 aromatic heterocycles. The molecule has 0 amide bonds. The highest BCUT2D eigenvalue weighted by Crippen LogP contribution is 2.20. The van der Waals surface area contributed by atoms with E-state index in [9.17, 15) is 19.7 Å². The summed E-state index contributed by atoms with van der Waals surface area (Å²) in [5.74, 6) is -2.02. The second-order valence-corrected chi connectivity index (χ2v) is 3.21. The van der Waals surface area contributed by atoms with E-state index in [2.05, 4.69) is 14.5 Å². The second kappa shape index (κ2) is 5.75. The molecule has 0 radical (unpaired) electrons. The van der Waals surface area contributed by atoms with Crippen LogP contribution >= 0.6 is 0 Å². The number of ether oxygens (including phenoxy) is 2. The van der Waals surface area contributed by atoms with Gasteiger partial charge in [0.2, 0.25) is 0 Å². The van der Waals surface area contributed by atoms with Gasteiger partial charge < -0.3 is 19.6 Å². The van der Waals surface area contributed by atoms with Gasteiger partial charge >= 0.3 is 17.9 Å². The van der Waals surface area contributed by atoms with Crippen molar-refractivity contribution in [3.05, 3.63) is 22.5 Å². The zero-order chi connectivity index (χ0) is 13.7. The minimum Gasteiger partial charge on any atom is -0.469 e. The summed E-state index contributed by atoms with van der Waals surface area (Å²) in [7, 11) is 2.27. The smallest absolute Gasteiger partial charge is 0.435 e. The Bertz CT molecular complexity index is 469. The number of aromatic nitrogens is 2. The first-order valence-electron chi connectivity index (χ1n) is 4.83. The lowest BCUT2D eigenvalue weighted by Gasteiger charge is -2.12. The predicted octanol–water partition coefficient (Wildman–Crippen LogP) is 0.0685. The minimum absolute atomic E-state index is 0.375. The molecule has 0 saturated carbocycles. The molecule has 1 rings (SSSR count). The number of hydrogen-bond donors (Lipinski definition) is 0. The van der Waals surface area contributed by atoms with E-state index < -0.39 is 28.9 Å². The van der Waals surface area contributed by atoms with Crippen molar-refractivity contribution in [2.75, 3.05) is 14.2 Å². The van der Waals surface area contributed by atoms with Crippen LogP contribution in [0.2, 0.25) is 0 Å². The monoisotopic (exact) mass is 257 g/mol. The predicted molar refractivity (Wildman–Crippen MR) is 56.6 cm³/mol. The van der Waals surface area contributed by atoms with Crippen LogP contribution in [0.25, 0.3) is 0 Å². The highest BCUT2D eigenvalue weighted by molar-refractivity contribution is 5.81. The lowest BCUT2D eigenvalue weighted by molar-refractivity contribution is -0.397. The summed E-state index contributed by atoms with van der Waals surface area (Å²) in [5.41, 5.74) is 0. The number of carbonyl (C=O) groups is 2. The van der Waals surface area contributed by atoms with Gasteiger partial charge in [-0.25, -0.2) is 9.36 Å². The zero-order valence-electron chi connectivity index (χ0n) is 9.73. The van der Waals surface area contributed by atoms with E-state index in [0.29, 0.717) is 0 Å². The summed E-state index contributed by atoms with van der Waals surface area (Å²) in [6, 6.07) is -1.18. The number of carbonyl (C=O) groups excluding carboxylic acids is 2. The van der Waals surface area contributed by atoms with Crippen LogP contribution in [0, 0.1) is 10.1 Å². The Hall–Kier alpha value is -2.45. The molecule has 1 aromatic rings. The molecule has 1 unspecified atom stereocenters. The van der Waals surface area contributed by atoms with Crippen LogP contribution in [0.15, 0.2) is 12.4 Å². The fraction of sp³-hybridized carbons (Fsp3) is 0.444. The summed E-state index contributed by atoms with van der Waals surface area (Å²) >= 11 is 0. The Morgan fingerprint density at radius 1 is 1.50 bits per heavy atom. The molecule has 1 heterocycles. The van der Waals surface area contributed by atoms with Crippen LogP contribution < -0.4 is 0 Å². The highest BCUT2D eigenvalue weighted by Gasteiger charge is 2.32. The topological polar surface area (TPSA) is 114 Å². The molecule has 1 atom stereocenters. The number of imidazole rings is 1. The summed E-state index contributed by atoms with van der Waals surface area (Å²) in [4.78, 5) is 36.2. The quantitative estimate of drug-likeness (QED) is 0.416. The van der Waals surface area contributed by atoms with E-state index in [4.69, 9.17) is 0 Å². The first kappa shape index (κ1) is 13.6. The Balaban J connectivity index is 3.09. The molecule has 0 bridgehead atoms. The van der Waals surface area contributed by atoms with Crippen molar-refractivity contribution in [3.8, 4) is 0 Å². The van der Waals surface area contributed by atoms with Crippen molar-refractivity contribution >= 4 is 17.9 Å².